The molecular weight excluding hydrogens is 422 g/mol. The lowest BCUT2D eigenvalue weighted by Gasteiger charge is -2.50. The summed E-state index contributed by atoms with van der Waals surface area (Å²) in [6.45, 7) is 16.6. The molecule has 0 radical (unpaired) electrons. The molecule has 0 aromatic heterocycles. The molecule has 0 spiro atoms. The first-order valence-electron chi connectivity index (χ1n) is 12.5. The minimum absolute atomic E-state index is 0.00187. The van der Waals surface area contributed by atoms with Crippen molar-refractivity contribution in [1.29, 1.82) is 0 Å². The van der Waals surface area contributed by atoms with Crippen LogP contribution in [0.25, 0.3) is 0 Å². The number of nitrogens with zero attached hydrogens (tertiary/aromatic N) is 1. The Morgan fingerprint density at radius 2 is 1.24 bits per heavy atom. The lowest BCUT2D eigenvalue weighted by atomic mass is 9.70. The number of esters is 2. The fraction of sp³-hybridized carbons (Fsp3) is 0.923. The Balaban J connectivity index is 1.88. The maximum atomic E-state index is 12.6. The standard InChI is InChI=1S/C26H47NO6/c1-23(2)13-18(11-12-28)24(3,4)15-19(14-23)32-21(29)9-10-22(30)33-20-16-25(5,6)27(31)26(7,8)17-20/h18-20,28,31H,9-17H2,1-8H3. The predicted octanol–water partition coefficient (Wildman–Crippen LogP) is 4.87. The Morgan fingerprint density at radius 3 is 1.70 bits per heavy atom. The van der Waals surface area contributed by atoms with E-state index in [0.29, 0.717) is 18.8 Å². The Hall–Kier alpha value is -1.18. The minimum atomic E-state index is -0.501. The molecule has 192 valence electrons. The number of ether oxygens (including phenoxy) is 2. The van der Waals surface area contributed by atoms with Crippen molar-refractivity contribution in [3.63, 3.8) is 0 Å². The largest absolute Gasteiger partial charge is 0.462 e. The van der Waals surface area contributed by atoms with Crippen LogP contribution in [0, 0.1) is 16.7 Å². The van der Waals surface area contributed by atoms with Gasteiger partial charge in [0, 0.05) is 30.5 Å². The number of hydrogen-bond donors (Lipinski definition) is 2. The van der Waals surface area contributed by atoms with Gasteiger partial charge in [-0.25, -0.2) is 0 Å². The molecule has 0 amide bonds. The van der Waals surface area contributed by atoms with Gasteiger partial charge in [0.05, 0.1) is 12.8 Å². The van der Waals surface area contributed by atoms with Gasteiger partial charge in [-0.15, -0.1) is 0 Å². The van der Waals surface area contributed by atoms with Crippen LogP contribution in [0.4, 0.5) is 0 Å². The van der Waals surface area contributed by atoms with E-state index in [2.05, 4.69) is 27.7 Å². The fourth-order valence-electron chi connectivity index (χ4n) is 6.16. The van der Waals surface area contributed by atoms with Gasteiger partial charge < -0.3 is 19.8 Å². The van der Waals surface area contributed by atoms with E-state index in [0.717, 1.165) is 25.7 Å². The number of rotatable bonds is 7. The summed E-state index contributed by atoms with van der Waals surface area (Å²) in [7, 11) is 0. The molecule has 0 aromatic carbocycles. The van der Waals surface area contributed by atoms with Crippen LogP contribution in [-0.4, -0.2) is 57.2 Å². The number of hydrogen-bond acceptors (Lipinski definition) is 7. The second-order valence-corrected chi connectivity index (χ2v) is 13.0. The van der Waals surface area contributed by atoms with Gasteiger partial charge in [-0.3, -0.25) is 9.59 Å². The third-order valence-electron chi connectivity index (χ3n) is 7.65. The van der Waals surface area contributed by atoms with Crippen LogP contribution >= 0.6 is 0 Å². The maximum Gasteiger partial charge on any atom is 0.306 e. The first kappa shape index (κ1) is 28.1. The molecule has 1 heterocycles. The van der Waals surface area contributed by atoms with Crippen molar-refractivity contribution in [2.24, 2.45) is 16.7 Å². The van der Waals surface area contributed by atoms with Crippen molar-refractivity contribution >= 4 is 11.9 Å². The second-order valence-electron chi connectivity index (χ2n) is 13.0. The molecule has 2 unspecified atom stereocenters. The van der Waals surface area contributed by atoms with Crippen LogP contribution in [0.5, 0.6) is 0 Å². The molecule has 7 heteroatoms. The van der Waals surface area contributed by atoms with Crippen LogP contribution in [0.1, 0.15) is 107 Å². The number of aliphatic hydroxyl groups excluding tert-OH is 1. The molecule has 1 aliphatic heterocycles. The number of carbonyl (C=O) groups is 2. The lowest BCUT2D eigenvalue weighted by Crippen LogP contribution is -2.60. The van der Waals surface area contributed by atoms with Gasteiger partial charge >= 0.3 is 11.9 Å². The Kier molecular flexibility index (Phi) is 8.68. The van der Waals surface area contributed by atoms with Crippen molar-refractivity contribution < 1.29 is 29.4 Å². The van der Waals surface area contributed by atoms with Crippen molar-refractivity contribution in [2.75, 3.05) is 6.61 Å². The van der Waals surface area contributed by atoms with E-state index in [9.17, 15) is 19.9 Å². The number of piperidine rings is 1. The van der Waals surface area contributed by atoms with Crippen LogP contribution in [0.2, 0.25) is 0 Å². The fourth-order valence-corrected chi connectivity index (χ4v) is 6.16. The molecular formula is C26H47NO6. The summed E-state index contributed by atoms with van der Waals surface area (Å²) in [4.78, 5) is 25.0. The number of carbonyl (C=O) groups excluding carboxylic acids is 2. The zero-order valence-electron chi connectivity index (χ0n) is 22.1. The molecule has 2 aliphatic rings. The summed E-state index contributed by atoms with van der Waals surface area (Å²) in [5, 5.41) is 21.2. The van der Waals surface area contributed by atoms with Gasteiger partial charge in [0.25, 0.3) is 0 Å². The Bertz CT molecular complexity index is 681. The molecule has 0 aromatic rings. The summed E-state index contributed by atoms with van der Waals surface area (Å²) in [6, 6.07) is 0. The summed E-state index contributed by atoms with van der Waals surface area (Å²) < 4.78 is 11.5. The van der Waals surface area contributed by atoms with Crippen molar-refractivity contribution in [3.05, 3.63) is 0 Å². The molecule has 1 saturated heterocycles. The molecule has 33 heavy (non-hydrogen) atoms. The van der Waals surface area contributed by atoms with Gasteiger partial charge in [-0.1, -0.05) is 27.7 Å². The van der Waals surface area contributed by atoms with E-state index < -0.39 is 17.0 Å². The lowest BCUT2D eigenvalue weighted by molar-refractivity contribution is -0.259. The Morgan fingerprint density at radius 1 is 0.788 bits per heavy atom. The van der Waals surface area contributed by atoms with E-state index >= 15 is 0 Å². The highest BCUT2D eigenvalue weighted by Crippen LogP contribution is 2.48. The highest BCUT2D eigenvalue weighted by Gasteiger charge is 2.46. The highest BCUT2D eigenvalue weighted by atomic mass is 16.6. The predicted molar refractivity (Wildman–Crippen MR) is 127 cm³/mol. The first-order valence-corrected chi connectivity index (χ1v) is 12.5. The summed E-state index contributed by atoms with van der Waals surface area (Å²) >= 11 is 0. The molecule has 2 N–H and O–H groups in total. The van der Waals surface area contributed by atoms with Gasteiger partial charge in [0.2, 0.25) is 0 Å². The summed E-state index contributed by atoms with van der Waals surface area (Å²) in [5.74, 6) is -0.399. The van der Waals surface area contributed by atoms with Gasteiger partial charge in [-0.2, -0.15) is 5.06 Å². The normalized spacial score (nSPS) is 29.2. The molecule has 0 bridgehead atoms. The average Bonchev–Trinajstić information content (AvgIpc) is 2.70. The summed E-state index contributed by atoms with van der Waals surface area (Å²) in [6.07, 6.45) is 3.83. The van der Waals surface area contributed by atoms with Crippen LogP contribution in [0.3, 0.4) is 0 Å². The second kappa shape index (κ2) is 10.2. The molecule has 1 saturated carbocycles. The quantitative estimate of drug-likeness (QED) is 0.406. The van der Waals surface area contributed by atoms with E-state index in [-0.39, 0.29) is 48.5 Å². The highest BCUT2D eigenvalue weighted by molar-refractivity contribution is 5.77. The van der Waals surface area contributed by atoms with E-state index in [1.165, 1.54) is 5.06 Å². The van der Waals surface area contributed by atoms with Crippen LogP contribution in [0.15, 0.2) is 0 Å². The Labute approximate surface area is 200 Å². The van der Waals surface area contributed by atoms with Gasteiger partial charge in [0.1, 0.15) is 12.2 Å². The van der Waals surface area contributed by atoms with Gasteiger partial charge in [-0.05, 0) is 70.1 Å². The molecule has 1 aliphatic carbocycles. The number of hydroxylamine groups is 2. The summed E-state index contributed by atoms with van der Waals surface area (Å²) in [5.41, 5.74) is -1.03. The smallest absolute Gasteiger partial charge is 0.306 e. The monoisotopic (exact) mass is 469 g/mol. The molecule has 2 atom stereocenters. The molecule has 7 nitrogen and oxygen atoms in total. The third kappa shape index (κ3) is 7.66. The maximum absolute atomic E-state index is 12.6. The van der Waals surface area contributed by atoms with E-state index in [1.54, 1.807) is 0 Å². The van der Waals surface area contributed by atoms with Crippen molar-refractivity contribution in [2.45, 2.75) is 130 Å². The SMILES string of the molecule is CC1(C)CC(OC(=O)CCC(=O)OC2CC(C)(C)N(O)C(C)(C)C2)CC(C)(C)C(CCO)C1. The average molecular weight is 470 g/mol. The van der Waals surface area contributed by atoms with Crippen molar-refractivity contribution in [3.8, 4) is 0 Å². The first-order chi connectivity index (χ1) is 15.0. The van der Waals surface area contributed by atoms with E-state index in [4.69, 9.17) is 9.47 Å². The third-order valence-corrected chi connectivity index (χ3v) is 7.65. The van der Waals surface area contributed by atoms with Crippen LogP contribution in [-0.2, 0) is 19.1 Å². The van der Waals surface area contributed by atoms with Gasteiger partial charge in [0.15, 0.2) is 0 Å². The molecule has 2 fully saturated rings. The zero-order chi connectivity index (χ0) is 25.2. The number of aliphatic hydroxyl groups is 1. The minimum Gasteiger partial charge on any atom is -0.462 e. The van der Waals surface area contributed by atoms with Crippen LogP contribution < -0.4 is 0 Å². The van der Waals surface area contributed by atoms with Crippen molar-refractivity contribution in [1.82, 2.24) is 5.06 Å². The topological polar surface area (TPSA) is 96.3 Å². The zero-order valence-corrected chi connectivity index (χ0v) is 22.1. The molecule has 2 rings (SSSR count). The van der Waals surface area contributed by atoms with E-state index in [1.807, 2.05) is 27.7 Å².